The highest BCUT2D eigenvalue weighted by Crippen LogP contribution is 2.32. The van der Waals surface area contributed by atoms with Crippen molar-refractivity contribution >= 4 is 35.4 Å². The first-order valence-corrected chi connectivity index (χ1v) is 23.4. The Labute approximate surface area is 382 Å². The molecule has 2 aliphatic heterocycles. The summed E-state index contributed by atoms with van der Waals surface area (Å²) in [6, 6.07) is 18.5. The highest BCUT2D eigenvalue weighted by molar-refractivity contribution is 5.95. The molecule has 2 aliphatic carbocycles. The molecule has 2 fully saturated rings. The average Bonchev–Trinajstić information content (AvgIpc) is 4.04. The second-order valence-electron chi connectivity index (χ2n) is 17.8. The molecule has 0 aromatic heterocycles. The van der Waals surface area contributed by atoms with Crippen molar-refractivity contribution in [2.75, 3.05) is 27.2 Å². The first-order valence-electron chi connectivity index (χ1n) is 23.4. The number of likely N-dealkylation sites (N-methyl/N-ethyl adjacent to an activating group) is 2. The Balaban J connectivity index is 1.05. The smallest absolute Gasteiger partial charge is 0.250 e. The predicted molar refractivity (Wildman–Crippen MR) is 248 cm³/mol. The van der Waals surface area contributed by atoms with Crippen LogP contribution in [0.25, 0.3) is 0 Å². The number of nitrogens with one attached hydrogen (secondary N) is 6. The van der Waals surface area contributed by atoms with Crippen molar-refractivity contribution in [3.8, 4) is 11.8 Å². The molecule has 6 N–H and O–H groups in total. The van der Waals surface area contributed by atoms with Gasteiger partial charge in [-0.2, -0.15) is 0 Å². The summed E-state index contributed by atoms with van der Waals surface area (Å²) in [5.41, 5.74) is 5.82. The summed E-state index contributed by atoms with van der Waals surface area (Å²) >= 11 is 0. The van der Waals surface area contributed by atoms with E-state index in [1.807, 2.05) is 24.3 Å². The van der Waals surface area contributed by atoms with Gasteiger partial charge in [-0.1, -0.05) is 72.5 Å². The Morgan fingerprint density at radius 1 is 0.615 bits per heavy atom. The number of amides is 6. The lowest BCUT2D eigenvalue weighted by Gasteiger charge is -2.32. The van der Waals surface area contributed by atoms with Gasteiger partial charge in [-0.25, -0.2) is 0 Å². The Morgan fingerprint density at radius 3 is 1.63 bits per heavy atom. The number of hydrogen-bond acceptors (Lipinski definition) is 8. The van der Waals surface area contributed by atoms with Gasteiger partial charge in [0, 0.05) is 25.1 Å². The minimum atomic E-state index is -1.06. The first-order chi connectivity index (χ1) is 31.5. The molecule has 8 atom stereocenters. The van der Waals surface area contributed by atoms with Crippen molar-refractivity contribution in [1.82, 2.24) is 41.7 Å². The normalized spacial score (nSPS) is 21.8. The van der Waals surface area contributed by atoms with Gasteiger partial charge in [0.2, 0.25) is 35.4 Å². The second kappa shape index (κ2) is 21.8. The molecule has 4 aliphatic rings. The lowest BCUT2D eigenvalue weighted by atomic mass is 9.87. The van der Waals surface area contributed by atoms with Gasteiger partial charge in [0.1, 0.15) is 24.2 Å². The summed E-state index contributed by atoms with van der Waals surface area (Å²) in [6.45, 7) is 4.19. The van der Waals surface area contributed by atoms with Crippen molar-refractivity contribution in [1.29, 1.82) is 0 Å². The molecule has 2 heterocycles. The van der Waals surface area contributed by atoms with Crippen LogP contribution in [0.2, 0.25) is 0 Å². The topological polar surface area (TPSA) is 181 Å². The predicted octanol–water partition coefficient (Wildman–Crippen LogP) is 3.66. The van der Waals surface area contributed by atoms with Gasteiger partial charge in [-0.3, -0.25) is 28.8 Å². The van der Waals surface area contributed by atoms with Crippen molar-refractivity contribution in [3.63, 3.8) is 0 Å². The van der Waals surface area contributed by atoms with Crippen molar-refractivity contribution in [3.05, 3.63) is 106 Å². The van der Waals surface area contributed by atoms with Gasteiger partial charge >= 0.3 is 0 Å². The lowest BCUT2D eigenvalue weighted by molar-refractivity contribution is -0.142. The lowest BCUT2D eigenvalue weighted by Crippen LogP contribution is -2.55. The van der Waals surface area contributed by atoms with Gasteiger partial charge in [0.25, 0.3) is 0 Å². The van der Waals surface area contributed by atoms with Crippen LogP contribution in [0, 0.1) is 11.8 Å². The molecular formula is C51H64N8O6. The molecule has 0 bridgehead atoms. The number of hydrogen-bond donors (Lipinski definition) is 6. The molecule has 344 valence electrons. The summed E-state index contributed by atoms with van der Waals surface area (Å²) in [6.07, 6.45) is 7.90. The third-order valence-electron chi connectivity index (χ3n) is 13.6. The quantitative estimate of drug-likeness (QED) is 0.133. The van der Waals surface area contributed by atoms with Crippen molar-refractivity contribution < 1.29 is 28.8 Å². The standard InChI is InChI=1S/C51H64N8O6/c1-32(52-3)46(60)56-42(50(64)58-30-12-24-43(58)48(62)54-40-21-10-17-35-15-5-7-19-38(35)40)23-9-14-34-26-28-37(29-27-34)45(57-47(61)33(2)53-4)51(65)59-31-13-25-44(59)49(63)55-41-22-11-18-36-16-6-8-20-39(36)41/h5-8,15-16,19-20,26-29,32-33,40-45,52-53H,10-13,17-18,21-25,30-31H2,1-4H3,(H,54,62)(H,55,63)(H,56,60)(H,57,61)/t32-,33-,40-,41-,42+,43-,44-,45+/m1/s1. The van der Waals surface area contributed by atoms with Crippen molar-refractivity contribution in [2.24, 2.45) is 0 Å². The number of benzene rings is 3. The van der Waals surface area contributed by atoms with E-state index in [-0.39, 0.29) is 53.9 Å². The van der Waals surface area contributed by atoms with E-state index in [1.165, 1.54) is 11.1 Å². The van der Waals surface area contributed by atoms with E-state index in [2.05, 4.69) is 68.0 Å². The molecule has 7 rings (SSSR count). The van der Waals surface area contributed by atoms with E-state index in [4.69, 9.17) is 0 Å². The van der Waals surface area contributed by atoms with Gasteiger partial charge < -0.3 is 41.7 Å². The molecule has 0 radical (unpaired) electrons. The molecule has 3 aromatic rings. The van der Waals surface area contributed by atoms with Gasteiger partial charge in [-0.05, 0) is 132 Å². The molecule has 3 aromatic carbocycles. The molecule has 0 saturated carbocycles. The molecule has 0 unspecified atom stereocenters. The average molecular weight is 885 g/mol. The highest BCUT2D eigenvalue weighted by atomic mass is 16.2. The number of fused-ring (bicyclic) bond motifs is 2. The van der Waals surface area contributed by atoms with Crippen LogP contribution in [0.5, 0.6) is 0 Å². The third kappa shape index (κ3) is 11.1. The summed E-state index contributed by atoms with van der Waals surface area (Å²) in [7, 11) is 3.33. The Hall–Kier alpha value is -6.04. The number of likely N-dealkylation sites (tertiary alicyclic amines) is 2. The van der Waals surface area contributed by atoms with Gasteiger partial charge in [0.05, 0.1) is 24.2 Å². The van der Waals surface area contributed by atoms with Crippen LogP contribution in [0.15, 0.2) is 72.8 Å². The number of carbonyl (C=O) groups excluding carboxylic acids is 6. The van der Waals surface area contributed by atoms with Crippen LogP contribution < -0.4 is 31.9 Å². The summed E-state index contributed by atoms with van der Waals surface area (Å²) in [5.74, 6) is 4.35. The van der Waals surface area contributed by atoms with Crippen LogP contribution >= 0.6 is 0 Å². The number of aryl methyl sites for hydroxylation is 2. The van der Waals surface area contributed by atoms with E-state index in [9.17, 15) is 28.8 Å². The maximum Gasteiger partial charge on any atom is 0.250 e. The van der Waals surface area contributed by atoms with E-state index < -0.39 is 36.3 Å². The van der Waals surface area contributed by atoms with Crippen LogP contribution in [0.4, 0.5) is 0 Å². The monoisotopic (exact) mass is 884 g/mol. The van der Waals surface area contributed by atoms with E-state index >= 15 is 0 Å². The molecular weight excluding hydrogens is 821 g/mol. The SMILES string of the molecule is CN[C@H](C)C(=O)N[C@@H](CC#Cc1ccc([C@H](NC(=O)[C@@H](C)NC)C(=O)N2CCC[C@@H]2C(=O)N[C@@H]2CCCc3ccccc32)cc1)C(=O)N1CCC[C@@H]1C(=O)N[C@@H]1CCCc2ccccc21. The molecule has 65 heavy (non-hydrogen) atoms. The second-order valence-corrected chi connectivity index (χ2v) is 17.8. The largest absolute Gasteiger partial charge is 0.347 e. The maximum atomic E-state index is 14.5. The molecule has 14 heteroatoms. The van der Waals surface area contributed by atoms with E-state index in [0.29, 0.717) is 49.9 Å². The zero-order chi connectivity index (χ0) is 46.0. The zero-order valence-electron chi connectivity index (χ0n) is 38.1. The van der Waals surface area contributed by atoms with Crippen LogP contribution in [0.1, 0.15) is 123 Å². The molecule has 6 amide bonds. The number of rotatable bonds is 14. The van der Waals surface area contributed by atoms with Crippen LogP contribution in [0.3, 0.4) is 0 Å². The third-order valence-corrected chi connectivity index (χ3v) is 13.6. The fourth-order valence-electron chi connectivity index (χ4n) is 9.64. The minimum Gasteiger partial charge on any atom is -0.347 e. The Kier molecular flexibility index (Phi) is 15.7. The van der Waals surface area contributed by atoms with Crippen LogP contribution in [-0.4, -0.2) is 103 Å². The van der Waals surface area contributed by atoms with E-state index in [0.717, 1.165) is 49.7 Å². The summed E-state index contributed by atoms with van der Waals surface area (Å²) < 4.78 is 0. The summed E-state index contributed by atoms with van der Waals surface area (Å²) in [5, 5.41) is 18.1. The van der Waals surface area contributed by atoms with Crippen molar-refractivity contribution in [2.45, 2.75) is 133 Å². The fourth-order valence-corrected chi connectivity index (χ4v) is 9.64. The highest BCUT2D eigenvalue weighted by Gasteiger charge is 2.41. The zero-order valence-corrected chi connectivity index (χ0v) is 38.1. The van der Waals surface area contributed by atoms with Gasteiger partial charge in [0.15, 0.2) is 0 Å². The van der Waals surface area contributed by atoms with Crippen LogP contribution in [-0.2, 0) is 41.6 Å². The minimum absolute atomic E-state index is 0.00642. The maximum absolute atomic E-state index is 14.5. The summed E-state index contributed by atoms with van der Waals surface area (Å²) in [4.78, 5) is 86.0. The fraction of sp³-hybridized carbons (Fsp3) is 0.490. The Morgan fingerprint density at radius 2 is 1.11 bits per heavy atom. The first kappa shape index (κ1) is 46.9. The number of nitrogens with zero attached hydrogens (tertiary/aromatic N) is 2. The molecule has 0 spiro atoms. The molecule has 2 saturated heterocycles. The Bertz CT molecular complexity index is 2290. The van der Waals surface area contributed by atoms with E-state index in [1.54, 1.807) is 62.0 Å². The number of carbonyl (C=O) groups is 6. The molecule has 14 nitrogen and oxygen atoms in total. The van der Waals surface area contributed by atoms with Gasteiger partial charge in [-0.15, -0.1) is 0 Å².